The topological polar surface area (TPSA) is 32.3 Å². The number of hydrogen-bond donors (Lipinski definition) is 1. The second-order valence-electron chi connectivity index (χ2n) is 6.92. The molecular weight excluding hydrogens is 363 g/mol. The van der Waals surface area contributed by atoms with E-state index in [9.17, 15) is 9.18 Å². The molecule has 0 radical (unpaired) electrons. The number of carbonyl (C=O) groups excluding carboxylic acids is 1. The maximum atomic E-state index is 13.8. The highest BCUT2D eigenvalue weighted by Crippen LogP contribution is 2.17. The summed E-state index contributed by atoms with van der Waals surface area (Å²) < 4.78 is 13.8. The average Bonchev–Trinajstić information content (AvgIpc) is 2.67. The van der Waals surface area contributed by atoms with E-state index in [0.717, 1.165) is 38.5 Å². The first kappa shape index (κ1) is 19.6. The number of likely N-dealkylation sites (tertiary alicyclic amines) is 1. The van der Waals surface area contributed by atoms with E-state index in [0.29, 0.717) is 12.5 Å². The first-order valence-corrected chi connectivity index (χ1v) is 9.67. The molecule has 1 N–H and O–H groups in total. The van der Waals surface area contributed by atoms with E-state index in [1.165, 1.54) is 17.7 Å². The molecule has 27 heavy (non-hydrogen) atoms. The Kier molecular flexibility index (Phi) is 7.02. The molecule has 0 aromatic heterocycles. The van der Waals surface area contributed by atoms with Gasteiger partial charge in [-0.15, -0.1) is 0 Å². The summed E-state index contributed by atoms with van der Waals surface area (Å²) in [5, 5.41) is 3.15. The number of carbonyl (C=O) groups is 1. The zero-order valence-electron chi connectivity index (χ0n) is 15.2. The normalized spacial score (nSPS) is 17.9. The molecule has 2 aromatic carbocycles. The van der Waals surface area contributed by atoms with E-state index in [-0.39, 0.29) is 16.5 Å². The summed E-state index contributed by atoms with van der Waals surface area (Å²) in [7, 11) is 0. The van der Waals surface area contributed by atoms with Crippen molar-refractivity contribution >= 4 is 23.6 Å². The van der Waals surface area contributed by atoms with Crippen LogP contribution in [0.1, 0.15) is 28.8 Å². The number of piperidine rings is 1. The smallest absolute Gasteiger partial charge is 0.254 e. The van der Waals surface area contributed by atoms with Crippen LogP contribution in [-0.4, -0.2) is 37.0 Å². The first-order chi connectivity index (χ1) is 13.1. The van der Waals surface area contributed by atoms with Crippen molar-refractivity contribution in [2.24, 2.45) is 5.92 Å². The van der Waals surface area contributed by atoms with Crippen molar-refractivity contribution in [2.75, 3.05) is 26.2 Å². The van der Waals surface area contributed by atoms with Crippen LogP contribution in [0.3, 0.4) is 0 Å². The molecule has 1 fully saturated rings. The summed E-state index contributed by atoms with van der Waals surface area (Å²) in [6.07, 6.45) is 6.49. The number of nitrogens with zero attached hydrogens (tertiary/aromatic N) is 1. The molecule has 3 rings (SSSR count). The van der Waals surface area contributed by atoms with Gasteiger partial charge in [0.25, 0.3) is 5.91 Å². The zero-order valence-corrected chi connectivity index (χ0v) is 16.0. The molecule has 0 saturated carbocycles. The van der Waals surface area contributed by atoms with Gasteiger partial charge in [0.05, 0.1) is 5.56 Å². The van der Waals surface area contributed by atoms with E-state index >= 15 is 0 Å². The van der Waals surface area contributed by atoms with Gasteiger partial charge in [0, 0.05) is 24.7 Å². The number of rotatable bonds is 6. The summed E-state index contributed by atoms with van der Waals surface area (Å²) in [5.74, 6) is -0.593. The minimum Gasteiger partial charge on any atom is -0.352 e. The molecule has 0 spiro atoms. The van der Waals surface area contributed by atoms with E-state index in [2.05, 4.69) is 34.5 Å². The number of hydrogen-bond acceptors (Lipinski definition) is 2. The molecule has 1 atom stereocenters. The van der Waals surface area contributed by atoms with Crippen molar-refractivity contribution in [1.82, 2.24) is 10.2 Å². The summed E-state index contributed by atoms with van der Waals surface area (Å²) in [5.41, 5.74) is 1.24. The Morgan fingerprint density at radius 3 is 2.85 bits per heavy atom. The van der Waals surface area contributed by atoms with Gasteiger partial charge in [-0.1, -0.05) is 54.1 Å². The van der Waals surface area contributed by atoms with E-state index in [1.54, 1.807) is 0 Å². The molecule has 1 aliphatic heterocycles. The SMILES string of the molecule is O=C(NCC1CCCN(CC=Cc2ccccc2)C1)c1ccc(Cl)cc1F. The molecule has 142 valence electrons. The molecular formula is C22H24ClFN2O. The van der Waals surface area contributed by atoms with Crippen molar-refractivity contribution in [2.45, 2.75) is 12.8 Å². The van der Waals surface area contributed by atoms with Gasteiger partial charge in [0.15, 0.2) is 0 Å². The van der Waals surface area contributed by atoms with Crippen molar-refractivity contribution in [3.8, 4) is 0 Å². The minimum atomic E-state index is -0.587. The lowest BCUT2D eigenvalue weighted by atomic mass is 9.98. The third kappa shape index (κ3) is 5.91. The van der Waals surface area contributed by atoms with Crippen LogP contribution in [0.15, 0.2) is 54.6 Å². The van der Waals surface area contributed by atoms with Crippen LogP contribution < -0.4 is 5.32 Å². The number of amides is 1. The number of benzene rings is 2. The standard InChI is InChI=1S/C22H24ClFN2O/c23-19-10-11-20(21(24)14-19)22(27)25-15-18-9-5-13-26(16-18)12-4-8-17-6-2-1-3-7-17/h1-4,6-8,10-11,14,18H,5,9,12-13,15-16H2,(H,25,27). The molecule has 5 heteroatoms. The third-order valence-electron chi connectivity index (χ3n) is 4.80. The Morgan fingerprint density at radius 2 is 2.07 bits per heavy atom. The average molecular weight is 387 g/mol. The van der Waals surface area contributed by atoms with Gasteiger partial charge in [0.2, 0.25) is 0 Å². The van der Waals surface area contributed by atoms with E-state index < -0.39 is 5.82 Å². The Hall–Kier alpha value is -2.17. The highest BCUT2D eigenvalue weighted by Gasteiger charge is 2.20. The lowest BCUT2D eigenvalue weighted by Crippen LogP contribution is -2.41. The summed E-state index contributed by atoms with van der Waals surface area (Å²) in [4.78, 5) is 14.6. The molecule has 1 heterocycles. The molecule has 0 aliphatic carbocycles. The van der Waals surface area contributed by atoms with Crippen LogP contribution in [0.25, 0.3) is 6.08 Å². The van der Waals surface area contributed by atoms with Crippen molar-refractivity contribution in [3.63, 3.8) is 0 Å². The zero-order chi connectivity index (χ0) is 19.1. The Labute approximate surface area is 164 Å². The molecule has 1 unspecified atom stereocenters. The molecule has 3 nitrogen and oxygen atoms in total. The van der Waals surface area contributed by atoms with Crippen LogP contribution in [-0.2, 0) is 0 Å². The summed E-state index contributed by atoms with van der Waals surface area (Å²) in [6, 6.07) is 14.4. The molecule has 0 bridgehead atoms. The van der Waals surface area contributed by atoms with Gasteiger partial charge in [-0.2, -0.15) is 0 Å². The molecule has 1 saturated heterocycles. The van der Waals surface area contributed by atoms with Gasteiger partial charge in [-0.05, 0) is 49.1 Å². The molecule has 1 aliphatic rings. The predicted molar refractivity (Wildman–Crippen MR) is 108 cm³/mol. The lowest BCUT2D eigenvalue weighted by Gasteiger charge is -2.32. The van der Waals surface area contributed by atoms with Crippen molar-refractivity contribution in [3.05, 3.63) is 76.6 Å². The minimum absolute atomic E-state index is 0.0397. The summed E-state index contributed by atoms with van der Waals surface area (Å²) >= 11 is 5.73. The maximum absolute atomic E-state index is 13.8. The number of halogens is 2. The fourth-order valence-corrected chi connectivity index (χ4v) is 3.55. The van der Waals surface area contributed by atoms with Crippen LogP contribution in [0.5, 0.6) is 0 Å². The third-order valence-corrected chi connectivity index (χ3v) is 5.04. The van der Waals surface area contributed by atoms with Crippen LogP contribution in [0, 0.1) is 11.7 Å². The largest absolute Gasteiger partial charge is 0.352 e. The van der Waals surface area contributed by atoms with Crippen molar-refractivity contribution in [1.29, 1.82) is 0 Å². The van der Waals surface area contributed by atoms with Gasteiger partial charge >= 0.3 is 0 Å². The van der Waals surface area contributed by atoms with Gasteiger partial charge in [0.1, 0.15) is 5.82 Å². The van der Waals surface area contributed by atoms with Gasteiger partial charge in [-0.25, -0.2) is 4.39 Å². The highest BCUT2D eigenvalue weighted by molar-refractivity contribution is 6.30. The monoisotopic (exact) mass is 386 g/mol. The van der Waals surface area contributed by atoms with Gasteiger partial charge in [-0.3, -0.25) is 9.69 Å². The molecule has 1 amide bonds. The highest BCUT2D eigenvalue weighted by atomic mass is 35.5. The summed E-state index contributed by atoms with van der Waals surface area (Å²) in [6.45, 7) is 3.45. The predicted octanol–water partition coefficient (Wildman–Crippen LogP) is 4.63. The lowest BCUT2D eigenvalue weighted by molar-refractivity contribution is 0.0931. The van der Waals surface area contributed by atoms with Gasteiger partial charge < -0.3 is 5.32 Å². The Morgan fingerprint density at radius 1 is 1.26 bits per heavy atom. The van der Waals surface area contributed by atoms with Crippen molar-refractivity contribution < 1.29 is 9.18 Å². The van der Waals surface area contributed by atoms with E-state index in [4.69, 9.17) is 11.6 Å². The fourth-order valence-electron chi connectivity index (χ4n) is 3.39. The quantitative estimate of drug-likeness (QED) is 0.784. The fraction of sp³-hybridized carbons (Fsp3) is 0.318. The first-order valence-electron chi connectivity index (χ1n) is 9.29. The van der Waals surface area contributed by atoms with Crippen LogP contribution >= 0.6 is 11.6 Å². The van der Waals surface area contributed by atoms with E-state index in [1.807, 2.05) is 18.2 Å². The molecule has 2 aromatic rings. The second kappa shape index (κ2) is 9.67. The Balaban J connectivity index is 1.46. The second-order valence-corrected chi connectivity index (χ2v) is 7.35. The number of nitrogens with one attached hydrogen (secondary N) is 1. The van der Waals surface area contributed by atoms with Crippen LogP contribution in [0.2, 0.25) is 5.02 Å². The Bertz CT molecular complexity index is 794. The maximum Gasteiger partial charge on any atom is 0.254 e. The van der Waals surface area contributed by atoms with Crippen LogP contribution in [0.4, 0.5) is 4.39 Å².